The Morgan fingerprint density at radius 3 is 2.15 bits per heavy atom. The molecular weight excluding hydrogens is 402 g/mol. The smallest absolute Gasteiger partial charge is 0.241 e. The number of fused-ring (bicyclic) bond motifs is 3. The lowest BCUT2D eigenvalue weighted by atomic mass is 10.2. The highest BCUT2D eigenvalue weighted by Crippen LogP contribution is 2.28. The van der Waals surface area contributed by atoms with Gasteiger partial charge in [-0.15, -0.1) is 0 Å². The Kier molecular flexibility index (Phi) is 5.03. The van der Waals surface area contributed by atoms with Crippen molar-refractivity contribution < 1.29 is 4.79 Å². The lowest BCUT2D eigenvalue weighted by Gasteiger charge is -2.06. The lowest BCUT2D eigenvalue weighted by Crippen LogP contribution is -2.19. The van der Waals surface area contributed by atoms with Crippen molar-refractivity contribution in [1.82, 2.24) is 9.99 Å². The number of nitrogens with zero attached hydrogens (tertiary/aromatic N) is 2. The summed E-state index contributed by atoms with van der Waals surface area (Å²) in [7, 11) is 0. The van der Waals surface area contributed by atoms with E-state index in [-0.39, 0.29) is 5.91 Å². The van der Waals surface area contributed by atoms with Crippen LogP contribution in [0.4, 0.5) is 0 Å². The van der Waals surface area contributed by atoms with Crippen LogP contribution in [0.1, 0.15) is 12.0 Å². The van der Waals surface area contributed by atoms with Gasteiger partial charge in [0, 0.05) is 39.2 Å². The maximum absolute atomic E-state index is 12.2. The lowest BCUT2D eigenvalue weighted by molar-refractivity contribution is -0.121. The molecule has 0 saturated carbocycles. The quantitative estimate of drug-likeness (QED) is 0.355. The van der Waals surface area contributed by atoms with Crippen molar-refractivity contribution in [2.24, 2.45) is 5.10 Å². The van der Waals surface area contributed by atoms with Crippen LogP contribution in [0, 0.1) is 0 Å². The van der Waals surface area contributed by atoms with Crippen LogP contribution in [0.5, 0.6) is 0 Å². The third kappa shape index (κ3) is 3.78. The first-order valence-corrected chi connectivity index (χ1v) is 9.55. The summed E-state index contributed by atoms with van der Waals surface area (Å²) in [4.78, 5) is 12.2. The molecule has 4 nitrogen and oxygen atoms in total. The van der Waals surface area contributed by atoms with Gasteiger partial charge in [0.2, 0.25) is 5.91 Å². The van der Waals surface area contributed by atoms with Gasteiger partial charge in [0.1, 0.15) is 0 Å². The molecule has 0 fully saturated rings. The number of hydrogen-bond donors (Lipinski definition) is 1. The average molecular weight is 420 g/mol. The fourth-order valence-corrected chi connectivity index (χ4v) is 3.51. The van der Waals surface area contributed by atoms with Gasteiger partial charge >= 0.3 is 0 Å². The third-order valence-electron chi connectivity index (χ3n) is 4.52. The topological polar surface area (TPSA) is 46.4 Å². The van der Waals surface area contributed by atoms with Crippen LogP contribution in [0.15, 0.2) is 82.4 Å². The number of para-hydroxylation sites is 2. The molecule has 0 aliphatic carbocycles. The Balaban J connectivity index is 1.46. The number of hydrogen-bond acceptors (Lipinski definition) is 2. The number of hydrazone groups is 1. The van der Waals surface area contributed by atoms with E-state index in [1.54, 1.807) is 6.21 Å². The minimum absolute atomic E-state index is 0.106. The Morgan fingerprint density at radius 2 is 1.52 bits per heavy atom. The van der Waals surface area contributed by atoms with Gasteiger partial charge in [0.15, 0.2) is 0 Å². The summed E-state index contributed by atoms with van der Waals surface area (Å²) in [5.41, 5.74) is 5.83. The molecule has 1 N–H and O–H groups in total. The molecule has 0 radical (unpaired) electrons. The summed E-state index contributed by atoms with van der Waals surface area (Å²) in [5, 5.41) is 6.47. The number of carbonyl (C=O) groups excluding carboxylic acids is 1. The van der Waals surface area contributed by atoms with Gasteiger partial charge < -0.3 is 4.57 Å². The molecule has 4 aromatic rings. The molecule has 0 atom stereocenters. The van der Waals surface area contributed by atoms with E-state index < -0.39 is 0 Å². The zero-order valence-electron chi connectivity index (χ0n) is 14.6. The molecule has 1 heterocycles. The van der Waals surface area contributed by atoms with E-state index in [4.69, 9.17) is 0 Å². The van der Waals surface area contributed by atoms with Crippen molar-refractivity contribution in [2.45, 2.75) is 13.0 Å². The van der Waals surface area contributed by atoms with E-state index >= 15 is 0 Å². The third-order valence-corrected chi connectivity index (χ3v) is 5.04. The van der Waals surface area contributed by atoms with E-state index in [1.165, 1.54) is 10.8 Å². The van der Waals surface area contributed by atoms with E-state index in [9.17, 15) is 4.79 Å². The molecule has 0 aliphatic rings. The predicted molar refractivity (Wildman–Crippen MR) is 114 cm³/mol. The first-order valence-electron chi connectivity index (χ1n) is 8.76. The highest BCUT2D eigenvalue weighted by Gasteiger charge is 2.10. The van der Waals surface area contributed by atoms with E-state index in [2.05, 4.69) is 55.3 Å². The molecule has 5 heteroatoms. The van der Waals surface area contributed by atoms with Crippen molar-refractivity contribution in [3.8, 4) is 0 Å². The molecule has 4 rings (SSSR count). The van der Waals surface area contributed by atoms with Crippen LogP contribution < -0.4 is 5.43 Å². The molecule has 0 spiro atoms. The van der Waals surface area contributed by atoms with Crippen molar-refractivity contribution in [1.29, 1.82) is 0 Å². The average Bonchev–Trinajstić information content (AvgIpc) is 3.02. The highest BCUT2D eigenvalue weighted by atomic mass is 79.9. The summed E-state index contributed by atoms with van der Waals surface area (Å²) < 4.78 is 3.21. The number of benzene rings is 3. The number of aryl methyl sites for hydroxylation is 1. The Bertz CT molecular complexity index is 1080. The maximum atomic E-state index is 12.2. The fourth-order valence-electron chi connectivity index (χ4n) is 3.24. The zero-order chi connectivity index (χ0) is 18.6. The Hall–Kier alpha value is -2.92. The number of rotatable bonds is 5. The summed E-state index contributed by atoms with van der Waals surface area (Å²) >= 11 is 3.39. The monoisotopic (exact) mass is 419 g/mol. The molecule has 1 aromatic heterocycles. The molecular formula is C22H18BrN3O. The Morgan fingerprint density at radius 1 is 0.926 bits per heavy atom. The summed E-state index contributed by atoms with van der Waals surface area (Å²) in [6.45, 7) is 0.605. The van der Waals surface area contributed by atoms with Crippen molar-refractivity contribution in [2.75, 3.05) is 0 Å². The SMILES string of the molecule is O=C(CCn1c2ccccc2c2ccccc21)N/N=C\c1ccc(Br)cc1. The largest absolute Gasteiger partial charge is 0.340 e. The van der Waals surface area contributed by atoms with Crippen LogP contribution in [0.25, 0.3) is 21.8 Å². The van der Waals surface area contributed by atoms with Gasteiger partial charge in [-0.1, -0.05) is 64.5 Å². The van der Waals surface area contributed by atoms with Gasteiger partial charge in [-0.05, 0) is 29.8 Å². The van der Waals surface area contributed by atoms with Gasteiger partial charge in [-0.3, -0.25) is 4.79 Å². The zero-order valence-corrected chi connectivity index (χ0v) is 16.2. The van der Waals surface area contributed by atoms with Crippen LogP contribution in [-0.2, 0) is 11.3 Å². The second-order valence-electron chi connectivity index (χ2n) is 6.28. The van der Waals surface area contributed by atoms with E-state index in [0.29, 0.717) is 13.0 Å². The minimum atomic E-state index is -0.106. The van der Waals surface area contributed by atoms with Crippen molar-refractivity contribution in [3.05, 3.63) is 82.8 Å². The number of nitrogens with one attached hydrogen (secondary N) is 1. The van der Waals surface area contributed by atoms with Crippen molar-refractivity contribution >= 4 is 49.9 Å². The predicted octanol–water partition coefficient (Wildman–Crippen LogP) is 5.10. The second-order valence-corrected chi connectivity index (χ2v) is 7.20. The standard InChI is InChI=1S/C22H18BrN3O/c23-17-11-9-16(10-12-17)15-24-25-22(27)13-14-26-20-7-3-1-5-18(20)19-6-2-4-8-21(19)26/h1-12,15H,13-14H2,(H,25,27)/b24-15-. The molecule has 134 valence electrons. The minimum Gasteiger partial charge on any atom is -0.340 e. The molecule has 0 saturated heterocycles. The molecule has 1 amide bonds. The van der Waals surface area contributed by atoms with Crippen LogP contribution in [0.2, 0.25) is 0 Å². The summed E-state index contributed by atoms with van der Waals surface area (Å²) in [5.74, 6) is -0.106. The first kappa shape index (κ1) is 17.5. The molecule has 3 aromatic carbocycles. The molecule has 0 bridgehead atoms. The van der Waals surface area contributed by atoms with Crippen LogP contribution in [-0.4, -0.2) is 16.7 Å². The number of halogens is 1. The van der Waals surface area contributed by atoms with Gasteiger partial charge in [-0.25, -0.2) is 5.43 Å². The van der Waals surface area contributed by atoms with E-state index in [1.807, 2.05) is 48.5 Å². The molecule has 27 heavy (non-hydrogen) atoms. The normalized spacial score (nSPS) is 11.4. The maximum Gasteiger partial charge on any atom is 0.241 e. The number of aromatic nitrogens is 1. The second kappa shape index (κ2) is 7.76. The fraction of sp³-hybridized carbons (Fsp3) is 0.0909. The van der Waals surface area contributed by atoms with Crippen molar-refractivity contribution in [3.63, 3.8) is 0 Å². The van der Waals surface area contributed by atoms with Gasteiger partial charge in [0.25, 0.3) is 0 Å². The summed E-state index contributed by atoms with van der Waals surface area (Å²) in [6, 6.07) is 24.3. The number of amides is 1. The van der Waals surface area contributed by atoms with Gasteiger partial charge in [-0.2, -0.15) is 5.10 Å². The molecule has 0 aliphatic heterocycles. The Labute approximate surface area is 165 Å². The highest BCUT2D eigenvalue weighted by molar-refractivity contribution is 9.10. The summed E-state index contributed by atoms with van der Waals surface area (Å²) in [6.07, 6.45) is 2.01. The van der Waals surface area contributed by atoms with Crippen LogP contribution >= 0.6 is 15.9 Å². The molecule has 0 unspecified atom stereocenters. The number of carbonyl (C=O) groups is 1. The van der Waals surface area contributed by atoms with E-state index in [0.717, 1.165) is 21.1 Å². The van der Waals surface area contributed by atoms with Crippen LogP contribution in [0.3, 0.4) is 0 Å². The first-order chi connectivity index (χ1) is 13.2. The van der Waals surface area contributed by atoms with Gasteiger partial charge in [0.05, 0.1) is 6.21 Å².